The van der Waals surface area contributed by atoms with Gasteiger partial charge < -0.3 is 10.1 Å². The van der Waals surface area contributed by atoms with E-state index in [2.05, 4.69) is 10.2 Å². The SMILES string of the molecule is CC1(C)CCC2(CCN(CC(=O)Nc3ccc(Oc4ccccc4)cc3)CC2)CN1S(C)(=O)=O. The highest BCUT2D eigenvalue weighted by Crippen LogP contribution is 2.45. The normalized spacial score (nSPS) is 20.7. The number of amides is 1. The van der Waals surface area contributed by atoms with Crippen LogP contribution in [0.15, 0.2) is 54.6 Å². The van der Waals surface area contributed by atoms with Gasteiger partial charge in [-0.15, -0.1) is 0 Å². The van der Waals surface area contributed by atoms with Crippen molar-refractivity contribution in [2.75, 3.05) is 37.8 Å². The van der Waals surface area contributed by atoms with Gasteiger partial charge in [0.25, 0.3) is 0 Å². The molecule has 1 spiro atoms. The molecule has 2 aliphatic rings. The molecule has 2 heterocycles. The van der Waals surface area contributed by atoms with Crippen molar-refractivity contribution < 1.29 is 17.9 Å². The lowest BCUT2D eigenvalue weighted by Crippen LogP contribution is -2.58. The highest BCUT2D eigenvalue weighted by molar-refractivity contribution is 7.88. The Morgan fingerprint density at radius 3 is 2.18 bits per heavy atom. The number of carbonyl (C=O) groups is 1. The maximum absolute atomic E-state index is 12.6. The Labute approximate surface area is 203 Å². The quantitative estimate of drug-likeness (QED) is 0.659. The fraction of sp³-hybridized carbons (Fsp3) is 0.500. The van der Waals surface area contributed by atoms with Crippen LogP contribution in [0.3, 0.4) is 0 Å². The second-order valence-corrected chi connectivity index (χ2v) is 12.3. The summed E-state index contributed by atoms with van der Waals surface area (Å²) in [6, 6.07) is 16.9. The van der Waals surface area contributed by atoms with Gasteiger partial charge in [-0.2, -0.15) is 4.31 Å². The van der Waals surface area contributed by atoms with Crippen LogP contribution in [-0.4, -0.2) is 61.5 Å². The number of benzene rings is 2. The molecule has 0 saturated carbocycles. The summed E-state index contributed by atoms with van der Waals surface area (Å²) in [6.45, 7) is 6.54. The van der Waals surface area contributed by atoms with Crippen molar-refractivity contribution >= 4 is 21.6 Å². The third-order valence-electron chi connectivity index (χ3n) is 7.22. The summed E-state index contributed by atoms with van der Waals surface area (Å²) < 4.78 is 32.2. The van der Waals surface area contributed by atoms with Crippen LogP contribution >= 0.6 is 0 Å². The first kappa shape index (κ1) is 24.7. The second kappa shape index (κ2) is 9.68. The van der Waals surface area contributed by atoms with Gasteiger partial charge in [-0.05, 0) is 94.4 Å². The number of nitrogens with one attached hydrogen (secondary N) is 1. The zero-order chi connectivity index (χ0) is 24.4. The topological polar surface area (TPSA) is 79.0 Å². The molecule has 0 unspecified atom stereocenters. The summed E-state index contributed by atoms with van der Waals surface area (Å²) in [5.74, 6) is 1.43. The van der Waals surface area contributed by atoms with Gasteiger partial charge in [0.15, 0.2) is 0 Å². The maximum Gasteiger partial charge on any atom is 0.238 e. The molecular formula is C26H35N3O4S. The molecular weight excluding hydrogens is 450 g/mol. The number of likely N-dealkylation sites (tertiary alicyclic amines) is 1. The highest BCUT2D eigenvalue weighted by atomic mass is 32.2. The van der Waals surface area contributed by atoms with Crippen LogP contribution in [0.25, 0.3) is 0 Å². The van der Waals surface area contributed by atoms with E-state index in [0.29, 0.717) is 18.8 Å². The first-order valence-electron chi connectivity index (χ1n) is 11.9. The van der Waals surface area contributed by atoms with Crippen molar-refractivity contribution in [3.63, 3.8) is 0 Å². The monoisotopic (exact) mass is 485 g/mol. The largest absolute Gasteiger partial charge is 0.457 e. The first-order valence-corrected chi connectivity index (χ1v) is 13.7. The summed E-state index contributed by atoms with van der Waals surface area (Å²) in [6.07, 6.45) is 5.03. The van der Waals surface area contributed by atoms with Crippen LogP contribution in [0.5, 0.6) is 11.5 Å². The first-order chi connectivity index (χ1) is 16.0. The van der Waals surface area contributed by atoms with Crippen molar-refractivity contribution in [2.45, 2.75) is 45.1 Å². The van der Waals surface area contributed by atoms with Gasteiger partial charge in [0.1, 0.15) is 11.5 Å². The molecule has 184 valence electrons. The lowest BCUT2D eigenvalue weighted by molar-refractivity contribution is -0.118. The molecule has 0 aromatic heterocycles. The predicted molar refractivity (Wildman–Crippen MR) is 135 cm³/mol. The molecule has 7 nitrogen and oxygen atoms in total. The van der Waals surface area contributed by atoms with Crippen LogP contribution < -0.4 is 10.1 Å². The van der Waals surface area contributed by atoms with Crippen molar-refractivity contribution in [1.29, 1.82) is 0 Å². The number of rotatable bonds is 6. The maximum atomic E-state index is 12.6. The third-order valence-corrected chi connectivity index (χ3v) is 8.65. The molecule has 8 heteroatoms. The number of anilines is 1. The van der Waals surface area contributed by atoms with Gasteiger partial charge in [-0.1, -0.05) is 18.2 Å². The van der Waals surface area contributed by atoms with Crippen molar-refractivity contribution in [3.8, 4) is 11.5 Å². The number of ether oxygens (including phenoxy) is 1. The van der Waals surface area contributed by atoms with Crippen LogP contribution in [0.2, 0.25) is 0 Å². The Kier molecular flexibility index (Phi) is 7.03. The minimum atomic E-state index is -3.25. The van der Waals surface area contributed by atoms with Gasteiger partial charge in [0, 0.05) is 17.8 Å². The molecule has 0 radical (unpaired) electrons. The molecule has 2 aliphatic heterocycles. The fourth-order valence-corrected chi connectivity index (χ4v) is 6.59. The minimum Gasteiger partial charge on any atom is -0.457 e. The molecule has 2 aromatic carbocycles. The number of hydrogen-bond acceptors (Lipinski definition) is 5. The van der Waals surface area contributed by atoms with Gasteiger partial charge in [0.2, 0.25) is 15.9 Å². The Balaban J connectivity index is 1.27. The number of para-hydroxylation sites is 1. The molecule has 4 rings (SSSR count). The molecule has 2 fully saturated rings. The molecule has 2 saturated heterocycles. The van der Waals surface area contributed by atoms with Crippen molar-refractivity contribution in [3.05, 3.63) is 54.6 Å². The van der Waals surface area contributed by atoms with Crippen LogP contribution in [-0.2, 0) is 14.8 Å². The number of carbonyl (C=O) groups excluding carboxylic acids is 1. The minimum absolute atomic E-state index is 0.0140. The van der Waals surface area contributed by atoms with E-state index in [1.807, 2.05) is 68.4 Å². The Bertz CT molecular complexity index is 1090. The van der Waals surface area contributed by atoms with E-state index in [1.165, 1.54) is 6.26 Å². The zero-order valence-electron chi connectivity index (χ0n) is 20.3. The van der Waals surface area contributed by atoms with Gasteiger partial charge in [-0.3, -0.25) is 9.69 Å². The number of nitrogens with zero attached hydrogens (tertiary/aromatic N) is 2. The molecule has 0 aliphatic carbocycles. The van der Waals surface area contributed by atoms with Crippen molar-refractivity contribution in [2.24, 2.45) is 5.41 Å². The smallest absolute Gasteiger partial charge is 0.238 e. The third kappa shape index (κ3) is 5.98. The van der Waals surface area contributed by atoms with E-state index in [9.17, 15) is 13.2 Å². The number of hydrogen-bond donors (Lipinski definition) is 1. The Morgan fingerprint density at radius 1 is 0.941 bits per heavy atom. The average Bonchev–Trinajstić information content (AvgIpc) is 2.79. The van der Waals surface area contributed by atoms with E-state index in [4.69, 9.17) is 4.74 Å². The van der Waals surface area contributed by atoms with Crippen molar-refractivity contribution in [1.82, 2.24) is 9.21 Å². The standard InChI is InChI=1S/C26H35N3O4S/c1-25(2)13-14-26(20-29(25)34(3,31)32)15-17-28(18-16-26)19-24(30)27-21-9-11-23(12-10-21)33-22-7-5-4-6-8-22/h4-12H,13-20H2,1-3H3,(H,27,30). The molecule has 1 amide bonds. The van der Waals surface area contributed by atoms with Gasteiger partial charge in [-0.25, -0.2) is 8.42 Å². The molecule has 2 aromatic rings. The lowest BCUT2D eigenvalue weighted by Gasteiger charge is -2.52. The average molecular weight is 486 g/mol. The number of sulfonamides is 1. The summed E-state index contributed by atoms with van der Waals surface area (Å²) in [7, 11) is -3.25. The van der Waals surface area contributed by atoms with E-state index in [-0.39, 0.29) is 16.9 Å². The highest BCUT2D eigenvalue weighted by Gasteiger charge is 2.47. The van der Waals surface area contributed by atoms with Gasteiger partial charge >= 0.3 is 0 Å². The van der Waals surface area contributed by atoms with E-state index in [1.54, 1.807) is 4.31 Å². The molecule has 0 bridgehead atoms. The predicted octanol–water partition coefficient (Wildman–Crippen LogP) is 4.33. The van der Waals surface area contributed by atoms with E-state index < -0.39 is 10.0 Å². The van der Waals surface area contributed by atoms with Crippen LogP contribution in [0.4, 0.5) is 5.69 Å². The Morgan fingerprint density at radius 2 is 1.56 bits per heavy atom. The summed E-state index contributed by atoms with van der Waals surface area (Å²) in [4.78, 5) is 14.8. The number of piperidine rings is 2. The van der Waals surface area contributed by atoms with Crippen LogP contribution in [0, 0.1) is 5.41 Å². The van der Waals surface area contributed by atoms with Crippen LogP contribution in [0.1, 0.15) is 39.5 Å². The summed E-state index contributed by atoms with van der Waals surface area (Å²) in [5, 5.41) is 2.97. The molecule has 34 heavy (non-hydrogen) atoms. The lowest BCUT2D eigenvalue weighted by atomic mass is 9.69. The van der Waals surface area contributed by atoms with Gasteiger partial charge in [0.05, 0.1) is 12.8 Å². The summed E-state index contributed by atoms with van der Waals surface area (Å²) in [5.41, 5.74) is 0.412. The molecule has 1 N–H and O–H groups in total. The second-order valence-electron chi connectivity index (χ2n) is 10.3. The summed E-state index contributed by atoms with van der Waals surface area (Å²) >= 11 is 0. The fourth-order valence-electron chi connectivity index (χ4n) is 5.09. The Hall–Kier alpha value is -2.42. The zero-order valence-corrected chi connectivity index (χ0v) is 21.1. The molecule has 0 atom stereocenters. The van der Waals surface area contributed by atoms with E-state index >= 15 is 0 Å². The van der Waals surface area contributed by atoms with E-state index in [0.717, 1.165) is 50.2 Å².